The van der Waals surface area contributed by atoms with Crippen LogP contribution in [0.5, 0.6) is 11.5 Å². The first-order valence-corrected chi connectivity index (χ1v) is 6.39. The Morgan fingerprint density at radius 1 is 0.947 bits per heavy atom. The summed E-state index contributed by atoms with van der Waals surface area (Å²) in [5, 5.41) is 8.86. The summed E-state index contributed by atoms with van der Waals surface area (Å²) in [6.45, 7) is 1.69. The summed E-state index contributed by atoms with van der Waals surface area (Å²) < 4.78 is 5.73. The molecule has 0 spiro atoms. The summed E-state index contributed by atoms with van der Waals surface area (Å²) in [6.07, 6.45) is 0. The van der Waals surface area contributed by atoms with Crippen LogP contribution in [0.4, 0.5) is 0 Å². The number of hydrogen-bond donors (Lipinski definition) is 1. The summed E-state index contributed by atoms with van der Waals surface area (Å²) in [4.78, 5) is 2.08. The standard InChI is InChI=1S/C16H19NO2/c1-17(11-12-18)13-14-7-9-16(10-8-14)19-15-5-3-2-4-6-15/h2-10,18H,11-13H2,1H3. The highest BCUT2D eigenvalue weighted by Gasteiger charge is 2.01. The first kappa shape index (κ1) is 13.6. The molecule has 0 atom stereocenters. The van der Waals surface area contributed by atoms with Crippen molar-refractivity contribution in [2.24, 2.45) is 0 Å². The van der Waals surface area contributed by atoms with E-state index < -0.39 is 0 Å². The van der Waals surface area contributed by atoms with Crippen molar-refractivity contribution >= 4 is 0 Å². The summed E-state index contributed by atoms with van der Waals surface area (Å²) in [5.41, 5.74) is 1.20. The third-order valence-electron chi connectivity index (χ3n) is 2.84. The molecule has 3 nitrogen and oxygen atoms in total. The number of benzene rings is 2. The van der Waals surface area contributed by atoms with Crippen molar-refractivity contribution < 1.29 is 9.84 Å². The molecule has 2 aromatic rings. The van der Waals surface area contributed by atoms with Crippen LogP contribution in [0.2, 0.25) is 0 Å². The minimum Gasteiger partial charge on any atom is -0.457 e. The summed E-state index contributed by atoms with van der Waals surface area (Å²) in [5.74, 6) is 1.67. The Morgan fingerprint density at radius 2 is 1.58 bits per heavy atom. The third kappa shape index (κ3) is 4.39. The van der Waals surface area contributed by atoms with E-state index in [1.54, 1.807) is 0 Å². The van der Waals surface area contributed by atoms with Crippen LogP contribution in [-0.2, 0) is 6.54 Å². The van der Waals surface area contributed by atoms with Crippen molar-refractivity contribution in [3.05, 3.63) is 60.2 Å². The highest BCUT2D eigenvalue weighted by Crippen LogP contribution is 2.21. The number of para-hydroxylation sites is 1. The van der Waals surface area contributed by atoms with E-state index in [-0.39, 0.29) is 6.61 Å². The number of likely N-dealkylation sites (N-methyl/N-ethyl adjacent to an activating group) is 1. The van der Waals surface area contributed by atoms with Gasteiger partial charge < -0.3 is 9.84 Å². The van der Waals surface area contributed by atoms with Crippen LogP contribution < -0.4 is 4.74 Å². The zero-order chi connectivity index (χ0) is 13.5. The number of nitrogens with zero attached hydrogens (tertiary/aromatic N) is 1. The predicted molar refractivity (Wildman–Crippen MR) is 76.4 cm³/mol. The maximum absolute atomic E-state index is 8.86. The minimum absolute atomic E-state index is 0.186. The molecular weight excluding hydrogens is 238 g/mol. The Hall–Kier alpha value is -1.84. The molecule has 2 aromatic carbocycles. The van der Waals surface area contributed by atoms with Crippen LogP contribution in [0, 0.1) is 0 Å². The topological polar surface area (TPSA) is 32.7 Å². The Bertz CT molecular complexity index is 482. The molecular formula is C16H19NO2. The van der Waals surface area contributed by atoms with Crippen LogP contribution >= 0.6 is 0 Å². The maximum atomic E-state index is 8.86. The lowest BCUT2D eigenvalue weighted by atomic mass is 10.2. The molecule has 0 heterocycles. The smallest absolute Gasteiger partial charge is 0.127 e. The Kier molecular flexibility index (Phi) is 4.95. The zero-order valence-electron chi connectivity index (χ0n) is 11.1. The van der Waals surface area contributed by atoms with Crippen molar-refractivity contribution in [3.8, 4) is 11.5 Å². The first-order chi connectivity index (χ1) is 9.28. The fourth-order valence-electron chi connectivity index (χ4n) is 1.85. The van der Waals surface area contributed by atoms with E-state index in [1.165, 1.54) is 5.56 Å². The van der Waals surface area contributed by atoms with Crippen molar-refractivity contribution in [2.45, 2.75) is 6.54 Å². The molecule has 0 aromatic heterocycles. The Morgan fingerprint density at radius 3 is 2.21 bits per heavy atom. The molecule has 100 valence electrons. The zero-order valence-corrected chi connectivity index (χ0v) is 11.1. The molecule has 2 rings (SSSR count). The molecule has 0 unspecified atom stereocenters. The molecule has 0 aliphatic carbocycles. The number of hydrogen-bond acceptors (Lipinski definition) is 3. The van der Waals surface area contributed by atoms with Gasteiger partial charge in [-0.25, -0.2) is 0 Å². The largest absolute Gasteiger partial charge is 0.457 e. The van der Waals surface area contributed by atoms with E-state index in [9.17, 15) is 0 Å². The van der Waals surface area contributed by atoms with Crippen LogP contribution in [0.25, 0.3) is 0 Å². The van der Waals surface area contributed by atoms with Gasteiger partial charge in [0.2, 0.25) is 0 Å². The van der Waals surface area contributed by atoms with Crippen molar-refractivity contribution in [2.75, 3.05) is 20.2 Å². The van der Waals surface area contributed by atoms with Gasteiger partial charge in [-0.3, -0.25) is 4.90 Å². The Labute approximate surface area is 114 Å². The third-order valence-corrected chi connectivity index (χ3v) is 2.84. The van der Waals surface area contributed by atoms with E-state index in [0.717, 1.165) is 18.0 Å². The van der Waals surface area contributed by atoms with Crippen LogP contribution in [0.1, 0.15) is 5.56 Å². The fourth-order valence-corrected chi connectivity index (χ4v) is 1.85. The van der Waals surface area contributed by atoms with Crippen molar-refractivity contribution in [3.63, 3.8) is 0 Å². The van der Waals surface area contributed by atoms with E-state index >= 15 is 0 Å². The number of rotatable bonds is 6. The molecule has 0 saturated carbocycles. The highest BCUT2D eigenvalue weighted by molar-refractivity contribution is 5.32. The van der Waals surface area contributed by atoms with E-state index in [0.29, 0.717) is 6.54 Å². The molecule has 0 amide bonds. The van der Waals surface area contributed by atoms with Crippen LogP contribution in [-0.4, -0.2) is 30.2 Å². The van der Waals surface area contributed by atoms with Gasteiger partial charge in [0.15, 0.2) is 0 Å². The van der Waals surface area contributed by atoms with Gasteiger partial charge in [0.05, 0.1) is 6.61 Å². The number of ether oxygens (including phenoxy) is 1. The minimum atomic E-state index is 0.186. The SMILES string of the molecule is CN(CCO)Cc1ccc(Oc2ccccc2)cc1. The normalized spacial score (nSPS) is 10.7. The lowest BCUT2D eigenvalue weighted by Crippen LogP contribution is -2.21. The van der Waals surface area contributed by atoms with Gasteiger partial charge in [-0.15, -0.1) is 0 Å². The molecule has 19 heavy (non-hydrogen) atoms. The van der Waals surface area contributed by atoms with Crippen LogP contribution in [0.3, 0.4) is 0 Å². The maximum Gasteiger partial charge on any atom is 0.127 e. The van der Waals surface area contributed by atoms with Gasteiger partial charge >= 0.3 is 0 Å². The average molecular weight is 257 g/mol. The summed E-state index contributed by atoms with van der Waals surface area (Å²) in [6, 6.07) is 17.8. The average Bonchev–Trinajstić information content (AvgIpc) is 2.42. The van der Waals surface area contributed by atoms with Gasteiger partial charge in [0, 0.05) is 13.1 Å². The molecule has 0 aliphatic rings. The van der Waals surface area contributed by atoms with Crippen LogP contribution in [0.15, 0.2) is 54.6 Å². The summed E-state index contributed by atoms with van der Waals surface area (Å²) >= 11 is 0. The van der Waals surface area contributed by atoms with Gasteiger partial charge in [-0.2, -0.15) is 0 Å². The van der Waals surface area contributed by atoms with E-state index in [1.807, 2.05) is 61.6 Å². The van der Waals surface area contributed by atoms with E-state index in [2.05, 4.69) is 4.90 Å². The highest BCUT2D eigenvalue weighted by atomic mass is 16.5. The lowest BCUT2D eigenvalue weighted by Gasteiger charge is -2.15. The molecule has 0 fully saturated rings. The first-order valence-electron chi connectivity index (χ1n) is 6.39. The second-order valence-corrected chi connectivity index (χ2v) is 4.52. The van der Waals surface area contributed by atoms with Crippen molar-refractivity contribution in [1.29, 1.82) is 0 Å². The number of aliphatic hydroxyl groups excluding tert-OH is 1. The summed E-state index contributed by atoms with van der Waals surface area (Å²) in [7, 11) is 1.99. The second kappa shape index (κ2) is 6.92. The van der Waals surface area contributed by atoms with E-state index in [4.69, 9.17) is 9.84 Å². The van der Waals surface area contributed by atoms with Gasteiger partial charge in [0.1, 0.15) is 11.5 Å². The van der Waals surface area contributed by atoms with Gasteiger partial charge in [0.25, 0.3) is 0 Å². The molecule has 0 radical (unpaired) electrons. The number of aliphatic hydroxyl groups is 1. The van der Waals surface area contributed by atoms with Gasteiger partial charge in [-0.1, -0.05) is 30.3 Å². The molecule has 3 heteroatoms. The van der Waals surface area contributed by atoms with Crippen molar-refractivity contribution in [1.82, 2.24) is 4.90 Å². The molecule has 0 aliphatic heterocycles. The molecule has 0 bridgehead atoms. The lowest BCUT2D eigenvalue weighted by molar-refractivity contribution is 0.217. The second-order valence-electron chi connectivity index (χ2n) is 4.52. The Balaban J connectivity index is 1.95. The van der Waals surface area contributed by atoms with Gasteiger partial charge in [-0.05, 0) is 36.9 Å². The monoisotopic (exact) mass is 257 g/mol. The molecule has 0 saturated heterocycles. The quantitative estimate of drug-likeness (QED) is 0.863. The predicted octanol–water partition coefficient (Wildman–Crippen LogP) is 2.90. The molecule has 1 N–H and O–H groups in total. The fraction of sp³-hybridized carbons (Fsp3) is 0.250.